The first-order chi connectivity index (χ1) is 15.2. The minimum atomic E-state index is -5.91. The van der Waals surface area contributed by atoms with Gasteiger partial charge in [-0.15, -0.1) is 0 Å². The van der Waals surface area contributed by atoms with E-state index in [1.165, 1.54) is 11.0 Å². The maximum Gasteiger partial charge on any atom is 0.401 e. The minimum Gasteiger partial charge on any atom is -0.496 e. The van der Waals surface area contributed by atoms with Crippen LogP contribution >= 0.6 is 0 Å². The van der Waals surface area contributed by atoms with Gasteiger partial charge < -0.3 is 4.74 Å². The zero-order valence-electron chi connectivity index (χ0n) is 16.7. The van der Waals surface area contributed by atoms with E-state index in [-0.39, 0.29) is 16.6 Å². The lowest BCUT2D eigenvalue weighted by Crippen LogP contribution is -2.27. The van der Waals surface area contributed by atoms with Crippen LogP contribution in [0.4, 0.5) is 13.3 Å². The van der Waals surface area contributed by atoms with E-state index in [2.05, 4.69) is 19.5 Å². The van der Waals surface area contributed by atoms with Gasteiger partial charge in [-0.3, -0.25) is 4.68 Å². The number of aryl methyl sites for hydroxylation is 1. The van der Waals surface area contributed by atoms with Crippen LogP contribution in [0.15, 0.2) is 55.0 Å². The van der Waals surface area contributed by atoms with Gasteiger partial charge in [0.1, 0.15) is 17.8 Å². The molecule has 0 bridgehead atoms. The second-order valence-electron chi connectivity index (χ2n) is 6.76. The average Bonchev–Trinajstić information content (AvgIpc) is 3.19. The molecule has 2 heterocycles. The average molecular weight is 464 g/mol. The molecule has 166 valence electrons. The summed E-state index contributed by atoms with van der Waals surface area (Å²) in [5.74, 6) is -0.512. The van der Waals surface area contributed by atoms with Crippen molar-refractivity contribution in [2.75, 3.05) is 7.11 Å². The van der Waals surface area contributed by atoms with Gasteiger partial charge in [-0.25, -0.2) is 9.97 Å². The Kier molecular flexibility index (Phi) is 5.34. The predicted octanol–water partition coefficient (Wildman–Crippen LogP) is 3.99. The first-order valence-corrected chi connectivity index (χ1v) is 10.5. The van der Waals surface area contributed by atoms with E-state index in [1.54, 1.807) is 13.2 Å². The summed E-state index contributed by atoms with van der Waals surface area (Å²) in [4.78, 5) is 8.31. The lowest BCUT2D eigenvalue weighted by Gasteiger charge is -2.18. The Hall–Kier alpha value is -3.51. The Morgan fingerprint density at radius 3 is 2.44 bits per heavy atom. The smallest absolute Gasteiger partial charge is 0.401 e. The Morgan fingerprint density at radius 2 is 1.78 bits per heavy atom. The fourth-order valence-electron chi connectivity index (χ4n) is 3.34. The van der Waals surface area contributed by atoms with Crippen molar-refractivity contribution in [1.29, 1.82) is 0 Å². The molecule has 0 saturated carbocycles. The SMILES string of the molecule is COc1cc2ncnc(-c3cn(C)nc3-c3ccccc3)c2cc1C(F)(F)S(=O)(=O)OF. The van der Waals surface area contributed by atoms with E-state index in [1.807, 2.05) is 30.3 Å². The highest BCUT2D eigenvalue weighted by molar-refractivity contribution is 7.87. The second kappa shape index (κ2) is 7.88. The molecule has 0 aliphatic carbocycles. The lowest BCUT2D eigenvalue weighted by atomic mass is 10.0. The van der Waals surface area contributed by atoms with Crippen molar-refractivity contribution >= 4 is 21.0 Å². The summed E-state index contributed by atoms with van der Waals surface area (Å²) in [6, 6.07) is 11.1. The third-order valence-electron chi connectivity index (χ3n) is 4.80. The number of alkyl halides is 2. The molecular weight excluding hydrogens is 449 g/mol. The number of halogens is 3. The number of aromatic nitrogens is 4. The third-order valence-corrected chi connectivity index (χ3v) is 5.81. The molecule has 4 rings (SSSR count). The molecular formula is C20H15F3N4O4S. The minimum absolute atomic E-state index is 0.0854. The Labute approximate surface area is 180 Å². The van der Waals surface area contributed by atoms with Crippen LogP contribution < -0.4 is 4.74 Å². The second-order valence-corrected chi connectivity index (χ2v) is 8.30. The van der Waals surface area contributed by atoms with Crippen LogP contribution in [0.5, 0.6) is 5.75 Å². The van der Waals surface area contributed by atoms with Gasteiger partial charge in [-0.2, -0.15) is 22.3 Å². The lowest BCUT2D eigenvalue weighted by molar-refractivity contribution is -0.0294. The molecule has 0 N–H and O–H groups in total. The van der Waals surface area contributed by atoms with E-state index in [4.69, 9.17) is 4.74 Å². The molecule has 4 aromatic rings. The van der Waals surface area contributed by atoms with Crippen LogP contribution in [0.2, 0.25) is 0 Å². The topological polar surface area (TPSA) is 96.2 Å². The van der Waals surface area contributed by atoms with E-state index >= 15 is 0 Å². The normalized spacial score (nSPS) is 12.3. The standard InChI is InChI=1S/C20H15F3N4O4S/c1-27-10-14(18(26-27)12-6-4-3-5-7-12)19-13-8-15(20(21,22)32(28,29)31-23)17(30-2)9-16(13)24-11-25-19/h3-11H,1-2H3. The van der Waals surface area contributed by atoms with Gasteiger partial charge in [0.25, 0.3) is 0 Å². The molecule has 0 fully saturated rings. The van der Waals surface area contributed by atoms with Gasteiger partial charge in [0.05, 0.1) is 23.9 Å². The van der Waals surface area contributed by atoms with Crippen molar-refractivity contribution in [3.05, 3.63) is 60.6 Å². The Bertz CT molecular complexity index is 1410. The molecule has 12 heteroatoms. The maximum absolute atomic E-state index is 14.7. The van der Waals surface area contributed by atoms with Crippen LogP contribution in [0, 0.1) is 0 Å². The highest BCUT2D eigenvalue weighted by atomic mass is 32.2. The van der Waals surface area contributed by atoms with E-state index in [0.717, 1.165) is 24.8 Å². The van der Waals surface area contributed by atoms with Gasteiger partial charge in [0.2, 0.25) is 0 Å². The number of benzene rings is 2. The van der Waals surface area contributed by atoms with Crippen LogP contribution in [-0.4, -0.2) is 35.3 Å². The third kappa shape index (κ3) is 3.46. The van der Waals surface area contributed by atoms with Crippen molar-refractivity contribution in [3.8, 4) is 28.3 Å². The number of hydrogen-bond donors (Lipinski definition) is 0. The molecule has 0 spiro atoms. The van der Waals surface area contributed by atoms with Gasteiger partial charge >= 0.3 is 15.4 Å². The van der Waals surface area contributed by atoms with Crippen molar-refractivity contribution in [2.24, 2.45) is 7.05 Å². The zero-order valence-corrected chi connectivity index (χ0v) is 17.5. The molecule has 2 aromatic carbocycles. The highest BCUT2D eigenvalue weighted by Crippen LogP contribution is 2.44. The first-order valence-electron chi connectivity index (χ1n) is 9.05. The van der Waals surface area contributed by atoms with Gasteiger partial charge in [0.15, 0.2) is 0 Å². The van der Waals surface area contributed by atoms with E-state index in [0.29, 0.717) is 11.3 Å². The number of methoxy groups -OCH3 is 1. The van der Waals surface area contributed by atoms with Crippen LogP contribution in [0.25, 0.3) is 33.4 Å². The fourth-order valence-corrected chi connectivity index (χ4v) is 3.85. The molecule has 0 unspecified atom stereocenters. The van der Waals surface area contributed by atoms with Crippen molar-refractivity contribution in [1.82, 2.24) is 19.7 Å². The summed E-state index contributed by atoms with van der Waals surface area (Å²) in [7, 11) is -3.16. The maximum atomic E-state index is 14.7. The largest absolute Gasteiger partial charge is 0.496 e. The molecule has 0 saturated heterocycles. The Balaban J connectivity index is 2.03. The number of nitrogens with zero attached hydrogens (tertiary/aromatic N) is 4. The summed E-state index contributed by atoms with van der Waals surface area (Å²) in [6.45, 7) is 0. The zero-order chi connectivity index (χ0) is 23.1. The molecule has 8 nitrogen and oxygen atoms in total. The summed E-state index contributed by atoms with van der Waals surface area (Å²) in [5, 5.41) is -0.220. The summed E-state index contributed by atoms with van der Waals surface area (Å²) >= 11 is 0. The molecule has 0 atom stereocenters. The summed E-state index contributed by atoms with van der Waals surface area (Å²) in [5.41, 5.74) is 1.08. The first kappa shape index (κ1) is 21.7. The van der Waals surface area contributed by atoms with Gasteiger partial charge in [0, 0.05) is 35.8 Å². The quantitative estimate of drug-likeness (QED) is 0.426. The van der Waals surface area contributed by atoms with Crippen molar-refractivity contribution < 1.29 is 30.8 Å². The van der Waals surface area contributed by atoms with Gasteiger partial charge in [-0.1, -0.05) is 34.7 Å². The summed E-state index contributed by atoms with van der Waals surface area (Å²) in [6.07, 6.45) is 2.88. The van der Waals surface area contributed by atoms with Crippen molar-refractivity contribution in [3.63, 3.8) is 0 Å². The summed E-state index contributed by atoms with van der Waals surface area (Å²) < 4.78 is 74.0. The number of fused-ring (bicyclic) bond motifs is 1. The predicted molar refractivity (Wildman–Crippen MR) is 109 cm³/mol. The van der Waals surface area contributed by atoms with Crippen LogP contribution in [0.3, 0.4) is 0 Å². The van der Waals surface area contributed by atoms with Crippen LogP contribution in [-0.2, 0) is 26.8 Å². The van der Waals surface area contributed by atoms with Crippen molar-refractivity contribution in [2.45, 2.75) is 5.25 Å². The van der Waals surface area contributed by atoms with E-state index < -0.39 is 26.7 Å². The van der Waals surface area contributed by atoms with Crippen LogP contribution in [0.1, 0.15) is 5.56 Å². The Morgan fingerprint density at radius 1 is 1.06 bits per heavy atom. The number of rotatable bonds is 6. The molecule has 0 radical (unpaired) electrons. The van der Waals surface area contributed by atoms with Gasteiger partial charge in [-0.05, 0) is 10.6 Å². The number of hydrogen-bond acceptors (Lipinski definition) is 7. The molecule has 2 aromatic heterocycles. The molecule has 0 aliphatic rings. The highest BCUT2D eigenvalue weighted by Gasteiger charge is 2.51. The monoisotopic (exact) mass is 464 g/mol. The van der Waals surface area contributed by atoms with E-state index in [9.17, 15) is 21.7 Å². The number of ether oxygens (including phenoxy) is 1. The molecule has 0 amide bonds. The fraction of sp³-hybridized carbons (Fsp3) is 0.150. The molecule has 0 aliphatic heterocycles. The molecule has 32 heavy (non-hydrogen) atoms.